The van der Waals surface area contributed by atoms with Crippen molar-refractivity contribution < 1.29 is 0 Å². The molecule has 2 aromatic rings. The number of nitrogens with one attached hydrogen (secondary N) is 1. The van der Waals surface area contributed by atoms with Crippen LogP contribution in [-0.4, -0.2) is 9.97 Å². The molecule has 1 heterocycles. The summed E-state index contributed by atoms with van der Waals surface area (Å²) < 4.78 is 0.579. The molecule has 1 aromatic heterocycles. The molecule has 1 saturated carbocycles. The van der Waals surface area contributed by atoms with E-state index in [4.69, 9.17) is 4.98 Å². The molecule has 3 rings (SSSR count). The van der Waals surface area contributed by atoms with Gasteiger partial charge in [-0.25, -0.2) is 4.98 Å². The third kappa shape index (κ3) is 2.46. The number of hydrogen-bond acceptors (Lipinski definition) is 2. The van der Waals surface area contributed by atoms with Crippen LogP contribution in [-0.2, 0) is 11.8 Å². The summed E-state index contributed by atoms with van der Waals surface area (Å²) in [6.45, 7) is 2.10. The lowest BCUT2D eigenvalue weighted by Crippen LogP contribution is -2.39. The van der Waals surface area contributed by atoms with Crippen molar-refractivity contribution in [3.63, 3.8) is 0 Å². The first-order valence-corrected chi connectivity index (χ1v) is 8.31. The zero-order valence-electron chi connectivity index (χ0n) is 12.2. The molecule has 21 heavy (non-hydrogen) atoms. The second-order valence-corrected chi connectivity index (χ2v) is 6.52. The van der Waals surface area contributed by atoms with E-state index in [2.05, 4.69) is 52.1 Å². The summed E-state index contributed by atoms with van der Waals surface area (Å²) in [4.78, 5) is 20.0. The fraction of sp³-hybridized carbons (Fsp3) is 0.412. The van der Waals surface area contributed by atoms with Crippen LogP contribution in [0.3, 0.4) is 0 Å². The van der Waals surface area contributed by atoms with E-state index >= 15 is 0 Å². The number of hydrogen-bond donors (Lipinski definition) is 1. The maximum absolute atomic E-state index is 12.2. The molecule has 1 fully saturated rings. The molecule has 0 radical (unpaired) electrons. The van der Waals surface area contributed by atoms with Crippen molar-refractivity contribution in [1.82, 2.24) is 9.97 Å². The summed E-state index contributed by atoms with van der Waals surface area (Å²) in [5.74, 6) is 0.830. The maximum atomic E-state index is 12.2. The van der Waals surface area contributed by atoms with Gasteiger partial charge in [0.15, 0.2) is 0 Å². The Balaban J connectivity index is 2.12. The highest BCUT2D eigenvalue weighted by molar-refractivity contribution is 9.10. The smallest absolute Gasteiger partial charge is 0.265 e. The molecule has 1 aliphatic rings. The largest absolute Gasteiger partial charge is 0.309 e. The highest BCUT2D eigenvalue weighted by Crippen LogP contribution is 2.47. The minimum atomic E-state index is -0.108. The Labute approximate surface area is 133 Å². The lowest BCUT2D eigenvalue weighted by molar-refractivity contribution is 0.283. The lowest BCUT2D eigenvalue weighted by atomic mass is 9.64. The Morgan fingerprint density at radius 2 is 2.00 bits per heavy atom. The van der Waals surface area contributed by atoms with Crippen LogP contribution in [0.4, 0.5) is 0 Å². The Hall–Kier alpha value is -1.42. The van der Waals surface area contributed by atoms with E-state index in [-0.39, 0.29) is 11.0 Å². The van der Waals surface area contributed by atoms with E-state index < -0.39 is 0 Å². The molecule has 110 valence electrons. The Morgan fingerprint density at radius 1 is 1.29 bits per heavy atom. The van der Waals surface area contributed by atoms with Gasteiger partial charge in [-0.2, -0.15) is 0 Å². The Bertz CT molecular complexity index is 690. The van der Waals surface area contributed by atoms with Crippen molar-refractivity contribution in [3.8, 4) is 0 Å². The van der Waals surface area contributed by atoms with Crippen molar-refractivity contribution in [1.29, 1.82) is 0 Å². The van der Waals surface area contributed by atoms with Crippen LogP contribution in [0.25, 0.3) is 0 Å². The van der Waals surface area contributed by atoms with Crippen LogP contribution in [0.15, 0.2) is 39.6 Å². The molecule has 0 atom stereocenters. The van der Waals surface area contributed by atoms with Crippen LogP contribution in [0.1, 0.15) is 49.7 Å². The first-order chi connectivity index (χ1) is 10.2. The van der Waals surface area contributed by atoms with Crippen LogP contribution < -0.4 is 5.56 Å². The van der Waals surface area contributed by atoms with E-state index in [9.17, 15) is 4.79 Å². The molecule has 1 aromatic carbocycles. The van der Waals surface area contributed by atoms with Crippen LogP contribution in [0.5, 0.6) is 0 Å². The third-order valence-electron chi connectivity index (χ3n) is 4.40. The van der Waals surface area contributed by atoms with E-state index in [0.717, 1.165) is 37.2 Å². The number of halogens is 1. The molecule has 1 aliphatic carbocycles. The minimum Gasteiger partial charge on any atom is -0.309 e. The van der Waals surface area contributed by atoms with Gasteiger partial charge in [0.2, 0.25) is 0 Å². The monoisotopic (exact) mass is 346 g/mol. The van der Waals surface area contributed by atoms with Gasteiger partial charge in [0.05, 0.1) is 11.1 Å². The SMILES string of the molecule is CCCc1nc(C2(c3ccccc3)CCC2)[nH]c(=O)c1Br. The fourth-order valence-corrected chi connectivity index (χ4v) is 3.47. The van der Waals surface area contributed by atoms with Crippen LogP contribution in [0, 0.1) is 0 Å². The molecule has 0 unspecified atom stereocenters. The van der Waals surface area contributed by atoms with Gasteiger partial charge < -0.3 is 4.98 Å². The number of nitrogens with zero attached hydrogens (tertiary/aromatic N) is 1. The molecule has 0 amide bonds. The summed E-state index contributed by atoms with van der Waals surface area (Å²) in [5.41, 5.74) is 1.96. The van der Waals surface area contributed by atoms with E-state index in [1.165, 1.54) is 12.0 Å². The summed E-state index contributed by atoms with van der Waals surface area (Å²) >= 11 is 3.37. The average molecular weight is 347 g/mol. The molecular weight excluding hydrogens is 328 g/mol. The second kappa shape index (κ2) is 5.76. The van der Waals surface area contributed by atoms with Crippen LogP contribution in [0.2, 0.25) is 0 Å². The van der Waals surface area contributed by atoms with Gasteiger partial charge in [-0.1, -0.05) is 50.1 Å². The van der Waals surface area contributed by atoms with E-state index in [1.807, 2.05) is 6.07 Å². The number of aryl methyl sites for hydroxylation is 1. The lowest BCUT2D eigenvalue weighted by Gasteiger charge is -2.41. The molecule has 4 heteroatoms. The van der Waals surface area contributed by atoms with Crippen molar-refractivity contribution in [2.24, 2.45) is 0 Å². The summed E-state index contributed by atoms with van der Waals surface area (Å²) in [6.07, 6.45) is 5.08. The van der Waals surface area contributed by atoms with E-state index in [1.54, 1.807) is 0 Å². The Morgan fingerprint density at radius 3 is 2.57 bits per heavy atom. The molecule has 0 aliphatic heterocycles. The molecule has 0 saturated heterocycles. The van der Waals surface area contributed by atoms with Gasteiger partial charge in [0.1, 0.15) is 10.3 Å². The highest BCUT2D eigenvalue weighted by atomic mass is 79.9. The minimum absolute atomic E-state index is 0.0642. The van der Waals surface area contributed by atoms with Gasteiger partial charge in [-0.15, -0.1) is 0 Å². The number of H-pyrrole nitrogens is 1. The first-order valence-electron chi connectivity index (χ1n) is 7.52. The fourth-order valence-electron chi connectivity index (χ4n) is 3.08. The second-order valence-electron chi connectivity index (χ2n) is 5.73. The number of aromatic nitrogens is 2. The van der Waals surface area contributed by atoms with Crippen molar-refractivity contribution in [3.05, 3.63) is 62.2 Å². The van der Waals surface area contributed by atoms with E-state index in [0.29, 0.717) is 4.47 Å². The van der Waals surface area contributed by atoms with Gasteiger partial charge in [-0.3, -0.25) is 4.79 Å². The molecular formula is C17H19BrN2O. The zero-order valence-corrected chi connectivity index (χ0v) is 13.7. The summed E-state index contributed by atoms with van der Waals surface area (Å²) in [7, 11) is 0. The molecule has 1 N–H and O–H groups in total. The van der Waals surface area contributed by atoms with Gasteiger partial charge >= 0.3 is 0 Å². The number of rotatable bonds is 4. The predicted octanol–water partition coefficient (Wildman–Crippen LogP) is 3.95. The Kier molecular flexibility index (Phi) is 3.98. The van der Waals surface area contributed by atoms with Crippen LogP contribution >= 0.6 is 15.9 Å². The molecule has 3 nitrogen and oxygen atoms in total. The molecule has 0 spiro atoms. The van der Waals surface area contributed by atoms with Gasteiger partial charge in [0.25, 0.3) is 5.56 Å². The topological polar surface area (TPSA) is 45.8 Å². The van der Waals surface area contributed by atoms with Gasteiger partial charge in [-0.05, 0) is 40.8 Å². The quantitative estimate of drug-likeness (QED) is 0.910. The highest BCUT2D eigenvalue weighted by Gasteiger charge is 2.42. The average Bonchev–Trinajstić information content (AvgIpc) is 2.44. The van der Waals surface area contributed by atoms with Crippen molar-refractivity contribution in [2.45, 2.75) is 44.4 Å². The van der Waals surface area contributed by atoms with Gasteiger partial charge in [0, 0.05) is 0 Å². The maximum Gasteiger partial charge on any atom is 0.265 e. The molecule has 0 bridgehead atoms. The van der Waals surface area contributed by atoms with Crippen molar-refractivity contribution >= 4 is 15.9 Å². The zero-order chi connectivity index (χ0) is 14.9. The predicted molar refractivity (Wildman–Crippen MR) is 87.6 cm³/mol. The summed E-state index contributed by atoms with van der Waals surface area (Å²) in [5, 5.41) is 0. The normalized spacial score (nSPS) is 16.5. The number of aromatic amines is 1. The summed E-state index contributed by atoms with van der Waals surface area (Å²) in [6, 6.07) is 10.4. The number of benzene rings is 1. The first kappa shape index (κ1) is 14.5. The third-order valence-corrected chi connectivity index (χ3v) is 5.22. The van der Waals surface area contributed by atoms with Crippen molar-refractivity contribution in [2.75, 3.05) is 0 Å². The standard InChI is InChI=1S/C17H19BrN2O/c1-2-7-13-14(18)15(21)20-16(19-13)17(10-6-11-17)12-8-4-3-5-9-12/h3-5,8-9H,2,6-7,10-11H2,1H3,(H,19,20,21).